The molecule has 3 aliphatic heterocycles. The number of nitrogens with zero attached hydrogens (tertiary/aromatic N) is 9. The summed E-state index contributed by atoms with van der Waals surface area (Å²) in [5, 5.41) is 8.26. The summed E-state index contributed by atoms with van der Waals surface area (Å²) in [7, 11) is 10.1. The number of piperidine rings is 1. The Morgan fingerprint density at radius 1 is 0.584 bits per heavy atom. The highest BCUT2D eigenvalue weighted by Gasteiger charge is 2.52. The topological polar surface area (TPSA) is 270 Å². The van der Waals surface area contributed by atoms with Gasteiger partial charge in [0.15, 0.2) is 0 Å². The van der Waals surface area contributed by atoms with Crippen LogP contribution >= 0.6 is 11.6 Å². The Labute approximate surface area is 598 Å². The van der Waals surface area contributed by atoms with Crippen molar-refractivity contribution >= 4 is 82.5 Å². The molecule has 3 saturated heterocycles. The Hall–Kier alpha value is -7.06. The van der Waals surface area contributed by atoms with Crippen molar-refractivity contribution in [2.24, 2.45) is 23.7 Å². The number of halogens is 4. The second-order valence-electron chi connectivity index (χ2n) is 30.5. The Balaban J connectivity index is 1.17. The molecule has 12 amide bonds. The van der Waals surface area contributed by atoms with Gasteiger partial charge in [0.05, 0.1) is 36.6 Å². The number of likely N-dealkylation sites (N-methyl/N-ethyl adjacent to an activating group) is 7. The fourth-order valence-corrected chi connectivity index (χ4v) is 16.6. The van der Waals surface area contributed by atoms with E-state index in [1.807, 2.05) is 13.8 Å². The summed E-state index contributed by atoms with van der Waals surface area (Å²) in [4.78, 5) is 191. The third-order valence-corrected chi connectivity index (χ3v) is 23.1. The zero-order valence-corrected chi connectivity index (χ0v) is 61.6. The summed E-state index contributed by atoms with van der Waals surface area (Å²) in [6.07, 6.45) is 8.79. The van der Waals surface area contributed by atoms with Crippen LogP contribution in [-0.2, 0) is 70.1 Å². The highest BCUT2D eigenvalue weighted by Crippen LogP contribution is 2.39. The van der Waals surface area contributed by atoms with Crippen molar-refractivity contribution in [2.75, 3.05) is 88.6 Å². The van der Waals surface area contributed by atoms with Crippen LogP contribution in [0.1, 0.15) is 192 Å². The maximum atomic E-state index is 15.8. The van der Waals surface area contributed by atoms with Crippen LogP contribution in [0.3, 0.4) is 0 Å². The van der Waals surface area contributed by atoms with Crippen LogP contribution in [0.25, 0.3) is 0 Å². The van der Waals surface area contributed by atoms with Gasteiger partial charge in [0.25, 0.3) is 0 Å². The van der Waals surface area contributed by atoms with Crippen molar-refractivity contribution in [3.63, 3.8) is 0 Å². The van der Waals surface area contributed by atoms with E-state index in [4.69, 9.17) is 11.6 Å². The average molecular weight is 1440 g/mol. The van der Waals surface area contributed by atoms with Gasteiger partial charge in [-0.2, -0.15) is 13.2 Å². The van der Waals surface area contributed by atoms with Gasteiger partial charge in [-0.05, 0) is 138 Å². The number of benzene rings is 1. The van der Waals surface area contributed by atoms with Gasteiger partial charge in [-0.25, -0.2) is 0 Å². The lowest BCUT2D eigenvalue weighted by atomic mass is 9.79. The third-order valence-electron chi connectivity index (χ3n) is 22.8. The van der Waals surface area contributed by atoms with Crippen LogP contribution in [0.4, 0.5) is 13.2 Å². The number of alkyl halides is 3. The first-order valence-corrected chi connectivity index (χ1v) is 37.4. The van der Waals surface area contributed by atoms with E-state index in [9.17, 15) is 41.9 Å². The maximum absolute atomic E-state index is 15.8. The Morgan fingerprint density at radius 3 is 1.78 bits per heavy atom. The van der Waals surface area contributed by atoms with Gasteiger partial charge < -0.3 is 60.0 Å². The number of carbonyl (C=O) groups is 12. The molecule has 3 heterocycles. The smallest absolute Gasteiger partial charge is 0.343 e. The molecule has 8 rings (SSSR count). The molecule has 24 nitrogen and oxygen atoms in total. The van der Waals surface area contributed by atoms with Crippen LogP contribution in [-0.4, -0.2) is 251 Å². The molecule has 28 heteroatoms. The molecule has 3 N–H and O–H groups in total. The van der Waals surface area contributed by atoms with Gasteiger partial charge in [-0.15, -0.1) is 0 Å². The molecule has 562 valence electrons. The van der Waals surface area contributed by atoms with E-state index in [-0.39, 0.29) is 69.2 Å². The number of nitrogens with one attached hydrogen (secondary N) is 3. The van der Waals surface area contributed by atoms with Gasteiger partial charge in [0.2, 0.25) is 70.9 Å². The molecule has 7 aliphatic rings. The summed E-state index contributed by atoms with van der Waals surface area (Å²) >= 11 is 6.17. The highest BCUT2D eigenvalue weighted by atomic mass is 35.5. The number of rotatable bonds is 10. The van der Waals surface area contributed by atoms with Gasteiger partial charge in [0.1, 0.15) is 47.8 Å². The predicted octanol–water partition coefficient (Wildman–Crippen LogP) is 6.18. The van der Waals surface area contributed by atoms with E-state index in [2.05, 4.69) is 16.0 Å². The lowest BCUT2D eigenvalue weighted by Crippen LogP contribution is -2.65. The zero-order valence-electron chi connectivity index (χ0n) is 60.9. The van der Waals surface area contributed by atoms with E-state index in [0.717, 1.165) is 86.1 Å². The maximum Gasteiger partial charge on any atom is 0.417 e. The first kappa shape index (κ1) is 79.6. The second-order valence-corrected chi connectivity index (χ2v) is 30.9. The van der Waals surface area contributed by atoms with Gasteiger partial charge in [-0.1, -0.05) is 102 Å². The zero-order chi connectivity index (χ0) is 73.8. The molecule has 4 saturated carbocycles. The number of aryl methyl sites for hydroxylation is 1. The normalized spacial score (nSPS) is 27.3. The first-order valence-electron chi connectivity index (χ1n) is 37.0. The van der Waals surface area contributed by atoms with E-state index in [1.54, 1.807) is 4.90 Å². The number of carbonyl (C=O) groups excluding carboxylic acids is 12. The molecule has 1 spiro atoms. The van der Waals surface area contributed by atoms with Gasteiger partial charge >= 0.3 is 6.18 Å². The van der Waals surface area contributed by atoms with Gasteiger partial charge in [-0.3, -0.25) is 57.5 Å². The minimum atomic E-state index is -4.76. The van der Waals surface area contributed by atoms with Gasteiger partial charge in [0, 0.05) is 69.0 Å². The Kier molecular flexibility index (Phi) is 27.9. The number of amides is 12. The molecule has 4 aliphatic carbocycles. The summed E-state index contributed by atoms with van der Waals surface area (Å²) < 4.78 is 41.7. The molecule has 0 bridgehead atoms. The molecule has 7 atom stereocenters. The van der Waals surface area contributed by atoms with E-state index < -0.39 is 167 Å². The SMILES string of the molecule is CC(C)C[C@H]1C(=O)N[C@@H](C2CCC2)C(=O)N(C)CC(=O)N(C)CC(=O)N(C)[C@@H](CC2CCCCC2)C(=O)N(C)CC(=O)N[C@@H](CCc2ccc(C(F)(F)F)c(Cl)c2)C(=O)N2CCC[C@H]2C(=O)NC2(CCCC2)C(=O)N(C)[C@@H](C2CCCCC2)C(=O)N(C)[C@H](C(=O)N2CCCCC2)CC(=O)N1C. The number of hydrogen-bond donors (Lipinski definition) is 3. The van der Waals surface area contributed by atoms with Crippen LogP contribution in [0.5, 0.6) is 0 Å². The molecule has 101 heavy (non-hydrogen) atoms. The molecule has 7 fully saturated rings. The number of fused-ring (bicyclic) bond motifs is 1. The minimum absolute atomic E-state index is 0.0246. The minimum Gasteiger partial charge on any atom is -0.343 e. The molecule has 0 unspecified atom stereocenters. The summed E-state index contributed by atoms with van der Waals surface area (Å²) in [6.45, 7) is 2.94. The summed E-state index contributed by atoms with van der Waals surface area (Å²) in [5.41, 5.74) is -2.33. The van der Waals surface area contributed by atoms with Crippen molar-refractivity contribution < 1.29 is 70.7 Å². The Morgan fingerprint density at radius 2 is 1.18 bits per heavy atom. The lowest BCUT2D eigenvalue weighted by molar-refractivity contribution is -0.157. The van der Waals surface area contributed by atoms with E-state index in [0.29, 0.717) is 76.4 Å². The molecule has 0 aromatic heterocycles. The Bertz CT molecular complexity index is 3170. The van der Waals surface area contributed by atoms with E-state index >= 15 is 28.8 Å². The van der Waals surface area contributed by atoms with Crippen LogP contribution in [0.15, 0.2) is 18.2 Å². The summed E-state index contributed by atoms with van der Waals surface area (Å²) in [6, 6.07) is -5.37. The third kappa shape index (κ3) is 19.8. The van der Waals surface area contributed by atoms with Crippen LogP contribution in [0.2, 0.25) is 5.02 Å². The monoisotopic (exact) mass is 1440 g/mol. The fourth-order valence-electron chi connectivity index (χ4n) is 16.3. The first-order chi connectivity index (χ1) is 47.8. The molecule has 1 aromatic rings. The largest absolute Gasteiger partial charge is 0.417 e. The predicted molar refractivity (Wildman–Crippen MR) is 371 cm³/mol. The van der Waals surface area contributed by atoms with Crippen LogP contribution in [0, 0.1) is 23.7 Å². The number of likely N-dealkylation sites (tertiary alicyclic amines) is 1. The molecular formula is C73H110ClF3N12O12. The van der Waals surface area contributed by atoms with Crippen LogP contribution < -0.4 is 16.0 Å². The molecule has 1 aromatic carbocycles. The highest BCUT2D eigenvalue weighted by molar-refractivity contribution is 6.31. The van der Waals surface area contributed by atoms with Crippen molar-refractivity contribution in [1.29, 1.82) is 0 Å². The molecular weight excluding hydrogens is 1330 g/mol. The fraction of sp³-hybridized carbons (Fsp3) is 0.753. The number of hydrogen-bond acceptors (Lipinski definition) is 12. The lowest BCUT2D eigenvalue weighted by Gasteiger charge is -2.43. The quantitative estimate of drug-likeness (QED) is 0.237. The van der Waals surface area contributed by atoms with Crippen molar-refractivity contribution in [2.45, 2.75) is 241 Å². The van der Waals surface area contributed by atoms with E-state index in [1.165, 1.54) is 84.8 Å². The standard InChI is InChI=1S/C73H110ClF3N12O12/c1-46(2)39-55-64(94)79-62(49-27-21-28-49)69(99)83(5)44-60(92)81(3)45-61(93)85(7)56(41-47-23-13-10-14-24-47)67(97)82(4)43-58(90)78-53(33-31-48-30-32-51(52(74)40-48)73(75,76)77)66(96)89-38-22-29-54(89)65(95)80-72(34-17-18-35-72)71(101)87(9)63(50-25-15-11-16-26-50)70(100)86(8)57(42-59(91)84(55)6)68(98)88-36-19-12-20-37-88/h30,32,40,46-47,49-50,53-57,62-63H,10-29,31,33-39,41-45H2,1-9H3,(H,78,90)(H,79,94)(H,80,95)/t53-,54-,55-,56-,57-,62-,63-/m0/s1. The van der Waals surface area contributed by atoms with Crippen molar-refractivity contribution in [3.8, 4) is 0 Å². The van der Waals surface area contributed by atoms with Crippen molar-refractivity contribution in [3.05, 3.63) is 34.3 Å². The molecule has 0 radical (unpaired) electrons. The summed E-state index contributed by atoms with van der Waals surface area (Å²) in [5.74, 6) is -8.31. The average Bonchev–Trinajstić information content (AvgIpc) is 1.42. The second kappa shape index (κ2) is 35.4. The van der Waals surface area contributed by atoms with Crippen molar-refractivity contribution in [1.82, 2.24) is 60.0 Å².